The van der Waals surface area contributed by atoms with E-state index in [-0.39, 0.29) is 62.1 Å². The monoisotopic (exact) mass is 552 g/mol. The third-order valence-electron chi connectivity index (χ3n) is 7.56. The standard InChI is InChI=1S/C29H36N4O7/c1-17-13-33(18(2)15-34)27(35)11-20-10-21(30-28(36)19-4-5-19)6-8-23(20)40-26(17)14-32(3)29(37)31-22-7-9-24-25(12-22)39-16-38-24/h6-10,12,17-19,26,34H,4-5,11,13-16H2,1-3H3,(H,30,36)(H,31,37)/t17-,18-,26+/m1/s1. The van der Waals surface area contributed by atoms with Crippen LogP contribution in [0.2, 0.25) is 0 Å². The fourth-order valence-electron chi connectivity index (χ4n) is 4.86. The molecule has 2 aromatic carbocycles. The predicted molar refractivity (Wildman–Crippen MR) is 148 cm³/mol. The molecule has 40 heavy (non-hydrogen) atoms. The van der Waals surface area contributed by atoms with E-state index in [1.165, 1.54) is 4.90 Å². The van der Waals surface area contributed by atoms with Crippen LogP contribution < -0.4 is 24.8 Å². The molecule has 214 valence electrons. The predicted octanol–water partition coefficient (Wildman–Crippen LogP) is 3.08. The number of aliphatic hydroxyl groups is 1. The van der Waals surface area contributed by atoms with Crippen molar-refractivity contribution in [3.05, 3.63) is 42.0 Å². The van der Waals surface area contributed by atoms with E-state index < -0.39 is 6.10 Å². The summed E-state index contributed by atoms with van der Waals surface area (Å²) in [7, 11) is 1.68. The summed E-state index contributed by atoms with van der Waals surface area (Å²) in [4.78, 5) is 42.0. The van der Waals surface area contributed by atoms with Crippen molar-refractivity contribution < 1.29 is 33.7 Å². The summed E-state index contributed by atoms with van der Waals surface area (Å²) in [5, 5.41) is 15.7. The minimum atomic E-state index is -0.461. The third-order valence-corrected chi connectivity index (χ3v) is 7.56. The molecule has 0 saturated heterocycles. The van der Waals surface area contributed by atoms with E-state index in [1.807, 2.05) is 6.92 Å². The number of hydrogen-bond acceptors (Lipinski definition) is 7. The Hall–Kier alpha value is -3.99. The van der Waals surface area contributed by atoms with E-state index in [4.69, 9.17) is 14.2 Å². The van der Waals surface area contributed by atoms with Gasteiger partial charge in [0.25, 0.3) is 0 Å². The lowest BCUT2D eigenvalue weighted by molar-refractivity contribution is -0.134. The molecular formula is C29H36N4O7. The average Bonchev–Trinajstić information content (AvgIpc) is 3.68. The first-order valence-corrected chi connectivity index (χ1v) is 13.6. The molecule has 1 aliphatic carbocycles. The third kappa shape index (κ3) is 6.25. The number of urea groups is 1. The molecule has 3 aliphatic rings. The lowest BCUT2D eigenvalue weighted by atomic mass is 10.0. The number of aliphatic hydroxyl groups excluding tert-OH is 1. The second kappa shape index (κ2) is 11.6. The smallest absolute Gasteiger partial charge is 0.321 e. The van der Waals surface area contributed by atoms with Crippen LogP contribution in [0.25, 0.3) is 0 Å². The molecule has 0 aromatic heterocycles. The number of hydrogen-bond donors (Lipinski definition) is 3. The van der Waals surface area contributed by atoms with Crippen molar-refractivity contribution in [2.75, 3.05) is 44.2 Å². The van der Waals surface area contributed by atoms with Crippen LogP contribution in [0.5, 0.6) is 17.2 Å². The molecule has 4 amide bonds. The van der Waals surface area contributed by atoms with Gasteiger partial charge in [-0.3, -0.25) is 9.59 Å². The van der Waals surface area contributed by atoms with E-state index in [2.05, 4.69) is 10.6 Å². The molecule has 1 fully saturated rings. The van der Waals surface area contributed by atoms with Crippen LogP contribution >= 0.6 is 0 Å². The van der Waals surface area contributed by atoms with Crippen LogP contribution in [0.4, 0.5) is 16.2 Å². The number of benzene rings is 2. The van der Waals surface area contributed by atoms with E-state index in [0.717, 1.165) is 12.8 Å². The highest BCUT2D eigenvalue weighted by Crippen LogP contribution is 2.35. The molecule has 0 unspecified atom stereocenters. The van der Waals surface area contributed by atoms with Gasteiger partial charge >= 0.3 is 6.03 Å². The Morgan fingerprint density at radius 1 is 1.07 bits per heavy atom. The van der Waals surface area contributed by atoms with Gasteiger partial charge in [-0.2, -0.15) is 0 Å². The zero-order valence-corrected chi connectivity index (χ0v) is 23.0. The van der Waals surface area contributed by atoms with E-state index in [0.29, 0.717) is 40.7 Å². The van der Waals surface area contributed by atoms with Gasteiger partial charge in [-0.25, -0.2) is 4.79 Å². The van der Waals surface area contributed by atoms with Crippen molar-refractivity contribution in [3.63, 3.8) is 0 Å². The van der Waals surface area contributed by atoms with E-state index in [9.17, 15) is 19.5 Å². The highest BCUT2D eigenvalue weighted by molar-refractivity contribution is 5.94. The molecule has 0 radical (unpaired) electrons. The molecular weight excluding hydrogens is 516 g/mol. The maximum absolute atomic E-state index is 13.4. The summed E-state index contributed by atoms with van der Waals surface area (Å²) in [6, 6.07) is 9.80. The van der Waals surface area contributed by atoms with Crippen molar-refractivity contribution in [1.82, 2.24) is 9.80 Å². The van der Waals surface area contributed by atoms with Crippen LogP contribution in [0, 0.1) is 11.8 Å². The van der Waals surface area contributed by atoms with Crippen LogP contribution in [0.3, 0.4) is 0 Å². The summed E-state index contributed by atoms with van der Waals surface area (Å²) < 4.78 is 17.2. The van der Waals surface area contributed by atoms with Crippen LogP contribution in [-0.4, -0.2) is 78.4 Å². The van der Waals surface area contributed by atoms with E-state index >= 15 is 0 Å². The Balaban J connectivity index is 1.35. The summed E-state index contributed by atoms with van der Waals surface area (Å²) in [5.41, 5.74) is 1.82. The number of amides is 4. The first kappa shape index (κ1) is 27.6. The lowest BCUT2D eigenvalue weighted by Gasteiger charge is -2.34. The van der Waals surface area contributed by atoms with Gasteiger partial charge in [-0.05, 0) is 50.1 Å². The molecule has 0 spiro atoms. The van der Waals surface area contributed by atoms with Crippen molar-refractivity contribution in [1.29, 1.82) is 0 Å². The topological polar surface area (TPSA) is 130 Å². The average molecular weight is 553 g/mol. The minimum Gasteiger partial charge on any atom is -0.488 e. The largest absolute Gasteiger partial charge is 0.488 e. The number of carbonyl (C=O) groups excluding carboxylic acids is 3. The summed E-state index contributed by atoms with van der Waals surface area (Å²) >= 11 is 0. The molecule has 5 rings (SSSR count). The summed E-state index contributed by atoms with van der Waals surface area (Å²) in [6.07, 6.45) is 1.38. The first-order valence-electron chi connectivity index (χ1n) is 13.6. The Labute approximate surface area is 233 Å². The Morgan fingerprint density at radius 2 is 1.77 bits per heavy atom. The van der Waals surface area contributed by atoms with Gasteiger partial charge in [-0.1, -0.05) is 6.92 Å². The SMILES string of the molecule is C[C@@H]1CN([C@H](C)CO)C(=O)Cc2cc(NC(=O)C3CC3)ccc2O[C@H]1CN(C)C(=O)Nc1ccc2c(c1)OCO2. The minimum absolute atomic E-state index is 0.0209. The Bertz CT molecular complexity index is 1280. The molecule has 11 nitrogen and oxygen atoms in total. The number of likely N-dealkylation sites (N-methyl/N-ethyl adjacent to an activating group) is 1. The first-order chi connectivity index (χ1) is 19.2. The van der Waals surface area contributed by atoms with Crippen LogP contribution in [-0.2, 0) is 16.0 Å². The van der Waals surface area contributed by atoms with Crippen molar-refractivity contribution in [2.24, 2.45) is 11.8 Å². The lowest BCUT2D eigenvalue weighted by Crippen LogP contribution is -2.48. The van der Waals surface area contributed by atoms with Gasteiger partial charge in [0.2, 0.25) is 18.6 Å². The molecule has 1 saturated carbocycles. The van der Waals surface area contributed by atoms with Gasteiger partial charge in [0.05, 0.1) is 25.6 Å². The van der Waals surface area contributed by atoms with Gasteiger partial charge in [0, 0.05) is 48.4 Å². The van der Waals surface area contributed by atoms with E-state index in [1.54, 1.807) is 55.3 Å². The maximum Gasteiger partial charge on any atom is 0.321 e. The highest BCUT2D eigenvalue weighted by atomic mass is 16.7. The normalized spacial score (nSPS) is 20.8. The zero-order chi connectivity index (χ0) is 28.4. The number of rotatable bonds is 7. The second-order valence-electron chi connectivity index (χ2n) is 10.9. The molecule has 3 atom stereocenters. The van der Waals surface area contributed by atoms with Crippen molar-refractivity contribution in [3.8, 4) is 17.2 Å². The van der Waals surface area contributed by atoms with Crippen LogP contribution in [0.15, 0.2) is 36.4 Å². The second-order valence-corrected chi connectivity index (χ2v) is 10.9. The maximum atomic E-state index is 13.4. The number of nitrogens with zero attached hydrogens (tertiary/aromatic N) is 2. The van der Waals surface area contributed by atoms with Crippen LogP contribution in [0.1, 0.15) is 32.3 Å². The highest BCUT2D eigenvalue weighted by Gasteiger charge is 2.33. The van der Waals surface area contributed by atoms with Crippen molar-refractivity contribution >= 4 is 29.2 Å². The number of carbonyl (C=O) groups is 3. The molecule has 0 bridgehead atoms. The fourth-order valence-corrected chi connectivity index (χ4v) is 4.86. The molecule has 2 aromatic rings. The Morgan fingerprint density at radius 3 is 2.50 bits per heavy atom. The number of ether oxygens (including phenoxy) is 3. The van der Waals surface area contributed by atoms with Gasteiger partial charge in [0.15, 0.2) is 11.5 Å². The Kier molecular flexibility index (Phi) is 8.02. The molecule has 2 aliphatic heterocycles. The van der Waals surface area contributed by atoms with Gasteiger partial charge in [0.1, 0.15) is 11.9 Å². The number of nitrogens with one attached hydrogen (secondary N) is 2. The number of anilines is 2. The molecule has 2 heterocycles. The fraction of sp³-hybridized carbons (Fsp3) is 0.483. The van der Waals surface area contributed by atoms with Gasteiger partial charge < -0.3 is 39.8 Å². The van der Waals surface area contributed by atoms with Gasteiger partial charge in [-0.15, -0.1) is 0 Å². The van der Waals surface area contributed by atoms with Crippen molar-refractivity contribution in [2.45, 2.75) is 45.3 Å². The molecule has 3 N–H and O–H groups in total. The number of fused-ring (bicyclic) bond motifs is 2. The summed E-state index contributed by atoms with van der Waals surface area (Å²) in [5.74, 6) is 1.45. The summed E-state index contributed by atoms with van der Waals surface area (Å²) in [6.45, 7) is 4.33. The zero-order valence-electron chi connectivity index (χ0n) is 23.0. The quantitative estimate of drug-likeness (QED) is 0.481. The molecule has 11 heteroatoms.